The van der Waals surface area contributed by atoms with E-state index in [2.05, 4.69) is 32.0 Å². The summed E-state index contributed by atoms with van der Waals surface area (Å²) in [7, 11) is 0. The molecule has 3 N–H and O–H groups in total. The number of hydrogen-bond acceptors (Lipinski definition) is 2. The molecule has 0 saturated carbocycles. The van der Waals surface area contributed by atoms with Gasteiger partial charge in [-0.15, -0.1) is 12.3 Å². The van der Waals surface area contributed by atoms with Crippen LogP contribution in [0.5, 0.6) is 0 Å². The topological polar surface area (TPSA) is 72.2 Å². The van der Waals surface area contributed by atoms with E-state index in [-0.39, 0.29) is 17.7 Å². The predicted octanol–water partition coefficient (Wildman–Crippen LogP) is 1.59. The number of nitrogens with one attached hydrogen (secondary N) is 1. The van der Waals surface area contributed by atoms with Gasteiger partial charge in [0.2, 0.25) is 5.91 Å². The lowest BCUT2D eigenvalue weighted by molar-refractivity contribution is -0.119. The molecular formula is C16H20N2O2. The summed E-state index contributed by atoms with van der Waals surface area (Å²) in [5, 5.41) is 2.54. The second-order valence-corrected chi connectivity index (χ2v) is 5.66. The molecule has 0 bridgehead atoms. The molecule has 0 radical (unpaired) electrons. The number of terminal acetylenes is 1. The Morgan fingerprint density at radius 3 is 2.25 bits per heavy atom. The number of hydrogen-bond donors (Lipinski definition) is 2. The molecule has 0 heterocycles. The fraction of sp³-hybridized carbons (Fsp3) is 0.375. The van der Waals surface area contributed by atoms with E-state index >= 15 is 0 Å². The summed E-state index contributed by atoms with van der Waals surface area (Å²) < 4.78 is 0. The Balaban J connectivity index is 2.83. The van der Waals surface area contributed by atoms with E-state index in [0.29, 0.717) is 5.56 Å². The van der Waals surface area contributed by atoms with Crippen molar-refractivity contribution in [3.8, 4) is 12.3 Å². The van der Waals surface area contributed by atoms with Gasteiger partial charge >= 0.3 is 0 Å². The molecular weight excluding hydrogens is 252 g/mol. The van der Waals surface area contributed by atoms with E-state index in [9.17, 15) is 9.59 Å². The van der Waals surface area contributed by atoms with Gasteiger partial charge < -0.3 is 11.1 Å². The minimum Gasteiger partial charge on any atom is -0.368 e. The van der Waals surface area contributed by atoms with E-state index in [1.165, 1.54) is 0 Å². The van der Waals surface area contributed by atoms with Crippen molar-refractivity contribution in [3.63, 3.8) is 0 Å². The number of primary amides is 1. The third-order valence-corrected chi connectivity index (χ3v) is 2.98. The van der Waals surface area contributed by atoms with Gasteiger partial charge in [0.05, 0.1) is 0 Å². The van der Waals surface area contributed by atoms with E-state index in [1.54, 1.807) is 12.1 Å². The highest BCUT2D eigenvalue weighted by atomic mass is 16.2. The third kappa shape index (κ3) is 4.13. The van der Waals surface area contributed by atoms with Crippen LogP contribution in [0.2, 0.25) is 0 Å². The molecule has 4 nitrogen and oxygen atoms in total. The first-order valence-corrected chi connectivity index (χ1v) is 6.40. The van der Waals surface area contributed by atoms with Crippen molar-refractivity contribution in [2.45, 2.75) is 38.6 Å². The smallest absolute Gasteiger partial charge is 0.251 e. The van der Waals surface area contributed by atoms with Gasteiger partial charge in [-0.1, -0.05) is 32.9 Å². The van der Waals surface area contributed by atoms with Crippen molar-refractivity contribution in [2.24, 2.45) is 5.73 Å². The summed E-state index contributed by atoms with van der Waals surface area (Å²) in [4.78, 5) is 23.2. The first-order valence-electron chi connectivity index (χ1n) is 6.40. The van der Waals surface area contributed by atoms with Crippen LogP contribution in [0.4, 0.5) is 0 Å². The molecule has 0 unspecified atom stereocenters. The molecule has 1 atom stereocenters. The molecule has 0 aliphatic rings. The van der Waals surface area contributed by atoms with Gasteiger partial charge in [-0.2, -0.15) is 0 Å². The van der Waals surface area contributed by atoms with Gasteiger partial charge in [0.25, 0.3) is 5.91 Å². The van der Waals surface area contributed by atoms with Gasteiger partial charge in [-0.25, -0.2) is 0 Å². The zero-order chi connectivity index (χ0) is 15.3. The molecule has 1 rings (SSSR count). The predicted molar refractivity (Wildman–Crippen MR) is 79.0 cm³/mol. The van der Waals surface area contributed by atoms with Crippen molar-refractivity contribution in [1.29, 1.82) is 0 Å². The molecule has 0 spiro atoms. The highest BCUT2D eigenvalue weighted by molar-refractivity contribution is 5.97. The number of nitrogens with two attached hydrogens (primary N) is 1. The molecule has 0 saturated heterocycles. The molecule has 1 aromatic carbocycles. The van der Waals surface area contributed by atoms with Crippen molar-refractivity contribution in [3.05, 3.63) is 35.4 Å². The Hall–Kier alpha value is -2.28. The number of rotatable bonds is 4. The number of benzene rings is 1. The molecule has 2 amide bonds. The van der Waals surface area contributed by atoms with Crippen LogP contribution in [0.15, 0.2) is 24.3 Å². The Kier molecular flexibility index (Phi) is 4.93. The standard InChI is InChI=1S/C16H20N2O2/c1-5-6-13(14(17)19)18-15(20)11-7-9-12(10-8-11)16(2,3)4/h1,7-10,13H,6H2,2-4H3,(H2,17,19)(H,18,20)/t13-/m0/s1. The fourth-order valence-corrected chi connectivity index (χ4v) is 1.70. The van der Waals surface area contributed by atoms with Crippen LogP contribution in [0.1, 0.15) is 43.1 Å². The van der Waals surface area contributed by atoms with Crippen molar-refractivity contribution < 1.29 is 9.59 Å². The highest BCUT2D eigenvalue weighted by Crippen LogP contribution is 2.22. The van der Waals surface area contributed by atoms with Gasteiger partial charge in [0.15, 0.2) is 0 Å². The van der Waals surface area contributed by atoms with E-state index < -0.39 is 11.9 Å². The van der Waals surface area contributed by atoms with E-state index in [1.807, 2.05) is 12.1 Å². The van der Waals surface area contributed by atoms with Crippen molar-refractivity contribution in [2.75, 3.05) is 0 Å². The van der Waals surface area contributed by atoms with Crippen LogP contribution < -0.4 is 11.1 Å². The van der Waals surface area contributed by atoms with Crippen LogP contribution in [0.3, 0.4) is 0 Å². The lowest BCUT2D eigenvalue weighted by atomic mass is 9.86. The van der Waals surface area contributed by atoms with Crippen LogP contribution in [0, 0.1) is 12.3 Å². The number of carbonyl (C=O) groups excluding carboxylic acids is 2. The summed E-state index contributed by atoms with van der Waals surface area (Å²) >= 11 is 0. The minimum atomic E-state index is -0.838. The minimum absolute atomic E-state index is 0.0221. The second kappa shape index (κ2) is 6.25. The lowest BCUT2D eigenvalue weighted by Gasteiger charge is -2.19. The fourth-order valence-electron chi connectivity index (χ4n) is 1.70. The molecule has 0 fully saturated rings. The third-order valence-electron chi connectivity index (χ3n) is 2.98. The Bertz CT molecular complexity index is 533. The summed E-state index contributed by atoms with van der Waals surface area (Å²) in [5.41, 5.74) is 6.81. The monoisotopic (exact) mass is 272 g/mol. The van der Waals surface area contributed by atoms with Crippen molar-refractivity contribution >= 4 is 11.8 Å². The summed E-state index contributed by atoms with van der Waals surface area (Å²) in [6, 6.07) is 6.41. The maximum atomic E-state index is 12.0. The van der Waals surface area contributed by atoms with E-state index in [0.717, 1.165) is 5.56 Å². The first kappa shape index (κ1) is 15.8. The summed E-state index contributed by atoms with van der Waals surface area (Å²) in [6.45, 7) is 6.29. The molecule has 20 heavy (non-hydrogen) atoms. The largest absolute Gasteiger partial charge is 0.368 e. The number of carbonyl (C=O) groups is 2. The van der Waals surface area contributed by atoms with Crippen LogP contribution in [0.25, 0.3) is 0 Å². The Morgan fingerprint density at radius 2 is 1.85 bits per heavy atom. The van der Waals surface area contributed by atoms with Gasteiger partial charge in [0.1, 0.15) is 6.04 Å². The molecule has 4 heteroatoms. The van der Waals surface area contributed by atoms with E-state index in [4.69, 9.17) is 12.2 Å². The zero-order valence-electron chi connectivity index (χ0n) is 12.1. The summed E-state index contributed by atoms with van der Waals surface area (Å²) in [6.07, 6.45) is 5.22. The number of amides is 2. The van der Waals surface area contributed by atoms with Crippen LogP contribution in [-0.2, 0) is 10.2 Å². The first-order chi connectivity index (χ1) is 9.25. The zero-order valence-corrected chi connectivity index (χ0v) is 12.1. The quantitative estimate of drug-likeness (QED) is 0.817. The molecule has 1 aromatic rings. The maximum absolute atomic E-state index is 12.0. The van der Waals surface area contributed by atoms with Gasteiger partial charge in [0, 0.05) is 12.0 Å². The van der Waals surface area contributed by atoms with Crippen LogP contribution >= 0.6 is 0 Å². The average Bonchev–Trinajstić information content (AvgIpc) is 2.37. The molecule has 0 aliphatic heterocycles. The van der Waals surface area contributed by atoms with Gasteiger partial charge in [-0.05, 0) is 23.1 Å². The summed E-state index contributed by atoms with van der Waals surface area (Å²) in [5.74, 6) is 1.33. The lowest BCUT2D eigenvalue weighted by Crippen LogP contribution is -2.44. The van der Waals surface area contributed by atoms with Crippen molar-refractivity contribution in [1.82, 2.24) is 5.32 Å². The average molecular weight is 272 g/mol. The SMILES string of the molecule is C#CC[C@H](NC(=O)c1ccc(C(C)(C)C)cc1)C(N)=O. The Morgan fingerprint density at radius 1 is 1.30 bits per heavy atom. The highest BCUT2D eigenvalue weighted by Gasteiger charge is 2.19. The van der Waals surface area contributed by atoms with Crippen LogP contribution in [-0.4, -0.2) is 17.9 Å². The maximum Gasteiger partial charge on any atom is 0.251 e. The molecule has 0 aliphatic carbocycles. The normalized spacial score (nSPS) is 12.3. The second-order valence-electron chi connectivity index (χ2n) is 5.66. The Labute approximate surface area is 119 Å². The molecule has 0 aromatic heterocycles. The van der Waals surface area contributed by atoms with Gasteiger partial charge in [-0.3, -0.25) is 9.59 Å². The molecule has 106 valence electrons.